The molecular formula is C14H19ClN6O3S. The Morgan fingerprint density at radius 3 is 2.16 bits per heavy atom. The van der Waals surface area contributed by atoms with E-state index in [2.05, 4.69) is 10.2 Å². The first kappa shape index (κ1) is 17.9. The van der Waals surface area contributed by atoms with Gasteiger partial charge in [-0.3, -0.25) is 14.2 Å². The Hall–Kier alpha value is -1.91. The highest BCUT2D eigenvalue weighted by Gasteiger charge is 2.33. The number of halogens is 1. The van der Waals surface area contributed by atoms with Gasteiger partial charge in [-0.15, -0.1) is 0 Å². The minimum absolute atomic E-state index is 0.199. The number of nitrogens with zero attached hydrogens (tertiary/aromatic N) is 6. The highest BCUT2D eigenvalue weighted by molar-refractivity contribution is 7.89. The molecule has 1 fully saturated rings. The molecule has 0 aliphatic carbocycles. The second-order valence-electron chi connectivity index (χ2n) is 5.88. The zero-order valence-electron chi connectivity index (χ0n) is 14.2. The Bertz CT molecular complexity index is 892. The van der Waals surface area contributed by atoms with E-state index in [1.165, 1.54) is 26.1 Å². The number of amides is 1. The van der Waals surface area contributed by atoms with Crippen LogP contribution in [0.1, 0.15) is 16.2 Å². The SMILES string of the molecule is Cc1c(S(=O)(=O)N2CCN(C(=O)c3c(Cl)cnn3C)CC2)cnn1C. The van der Waals surface area contributed by atoms with Crippen LogP contribution in [0.25, 0.3) is 0 Å². The summed E-state index contributed by atoms with van der Waals surface area (Å²) in [4.78, 5) is 14.4. The topological polar surface area (TPSA) is 93.3 Å². The van der Waals surface area contributed by atoms with E-state index in [4.69, 9.17) is 11.6 Å². The predicted molar refractivity (Wildman–Crippen MR) is 90.8 cm³/mol. The standard InChI is InChI=1S/C14H19ClN6O3S/c1-10-12(9-17-18(10)2)25(23,24)21-6-4-20(5-7-21)14(22)13-11(15)8-16-19(13)3/h8-9H,4-7H2,1-3H3. The molecule has 136 valence electrons. The maximum Gasteiger partial charge on any atom is 0.273 e. The normalized spacial score (nSPS) is 16.4. The summed E-state index contributed by atoms with van der Waals surface area (Å²) in [6.45, 7) is 2.73. The van der Waals surface area contributed by atoms with Gasteiger partial charge in [0.25, 0.3) is 5.91 Å². The molecule has 11 heteroatoms. The second-order valence-corrected chi connectivity index (χ2v) is 8.19. The van der Waals surface area contributed by atoms with Gasteiger partial charge < -0.3 is 4.90 Å². The highest BCUT2D eigenvalue weighted by Crippen LogP contribution is 2.22. The maximum atomic E-state index is 12.8. The second kappa shape index (κ2) is 6.43. The van der Waals surface area contributed by atoms with Crippen LogP contribution in [0.15, 0.2) is 17.3 Å². The Kier molecular flexibility index (Phi) is 4.60. The summed E-state index contributed by atoms with van der Waals surface area (Å²) in [5.74, 6) is -0.250. The van der Waals surface area contributed by atoms with Gasteiger partial charge in [-0.05, 0) is 6.92 Å². The van der Waals surface area contributed by atoms with E-state index < -0.39 is 10.0 Å². The molecule has 2 aromatic rings. The van der Waals surface area contributed by atoms with Crippen molar-refractivity contribution in [1.82, 2.24) is 28.8 Å². The summed E-state index contributed by atoms with van der Waals surface area (Å²) in [6, 6.07) is 0. The fraction of sp³-hybridized carbons (Fsp3) is 0.500. The Morgan fingerprint density at radius 2 is 1.68 bits per heavy atom. The van der Waals surface area contributed by atoms with Gasteiger partial charge in [0.05, 0.1) is 23.1 Å². The van der Waals surface area contributed by atoms with Gasteiger partial charge in [0.2, 0.25) is 10.0 Å². The molecule has 1 aliphatic rings. The number of piperazine rings is 1. The Balaban J connectivity index is 1.74. The van der Waals surface area contributed by atoms with Gasteiger partial charge in [0.15, 0.2) is 0 Å². The van der Waals surface area contributed by atoms with E-state index >= 15 is 0 Å². The molecule has 0 spiro atoms. The molecule has 0 radical (unpaired) electrons. The third kappa shape index (κ3) is 3.05. The van der Waals surface area contributed by atoms with Gasteiger partial charge in [0.1, 0.15) is 10.6 Å². The number of hydrogen-bond acceptors (Lipinski definition) is 5. The molecule has 0 N–H and O–H groups in total. The maximum absolute atomic E-state index is 12.8. The Morgan fingerprint density at radius 1 is 1.08 bits per heavy atom. The molecule has 9 nitrogen and oxygen atoms in total. The molecule has 3 rings (SSSR count). The van der Waals surface area contributed by atoms with Crippen LogP contribution >= 0.6 is 11.6 Å². The first-order valence-electron chi connectivity index (χ1n) is 7.69. The number of aryl methyl sites for hydroxylation is 2. The van der Waals surface area contributed by atoms with Gasteiger partial charge in [-0.1, -0.05) is 11.6 Å². The monoisotopic (exact) mass is 386 g/mol. The van der Waals surface area contributed by atoms with Crippen LogP contribution in [-0.4, -0.2) is 69.3 Å². The van der Waals surface area contributed by atoms with Crippen LogP contribution in [0.5, 0.6) is 0 Å². The average molecular weight is 387 g/mol. The summed E-state index contributed by atoms with van der Waals surface area (Å²) in [6.07, 6.45) is 2.78. The lowest BCUT2D eigenvalue weighted by atomic mass is 10.3. The van der Waals surface area contributed by atoms with E-state index in [1.54, 1.807) is 25.9 Å². The molecule has 25 heavy (non-hydrogen) atoms. The van der Waals surface area contributed by atoms with Crippen molar-refractivity contribution in [1.29, 1.82) is 0 Å². The van der Waals surface area contributed by atoms with Crippen molar-refractivity contribution < 1.29 is 13.2 Å². The molecule has 0 atom stereocenters. The van der Waals surface area contributed by atoms with Crippen LogP contribution in [0.4, 0.5) is 0 Å². The third-order valence-electron chi connectivity index (χ3n) is 4.43. The van der Waals surface area contributed by atoms with Crippen LogP contribution in [0.2, 0.25) is 5.02 Å². The van der Waals surface area contributed by atoms with Gasteiger partial charge in [0, 0.05) is 40.3 Å². The number of carbonyl (C=O) groups excluding carboxylic acids is 1. The quantitative estimate of drug-likeness (QED) is 0.754. The summed E-state index contributed by atoms with van der Waals surface area (Å²) in [5.41, 5.74) is 0.890. The van der Waals surface area contributed by atoms with E-state index in [0.29, 0.717) is 24.5 Å². The summed E-state index contributed by atoms with van der Waals surface area (Å²) < 4.78 is 29.9. The molecule has 1 amide bonds. The van der Waals surface area contributed by atoms with Crippen molar-refractivity contribution >= 4 is 27.5 Å². The minimum Gasteiger partial charge on any atom is -0.335 e. The predicted octanol–water partition coefficient (Wildman–Crippen LogP) is 0.262. The third-order valence-corrected chi connectivity index (χ3v) is 6.71. The minimum atomic E-state index is -3.62. The zero-order valence-corrected chi connectivity index (χ0v) is 15.7. The lowest BCUT2D eigenvalue weighted by Crippen LogP contribution is -2.50. The van der Waals surface area contributed by atoms with E-state index in [9.17, 15) is 13.2 Å². The fourth-order valence-corrected chi connectivity index (χ4v) is 4.66. The van der Waals surface area contributed by atoms with Crippen molar-refractivity contribution in [3.8, 4) is 0 Å². The molecule has 3 heterocycles. The van der Waals surface area contributed by atoms with Crippen LogP contribution in [-0.2, 0) is 24.1 Å². The molecule has 0 aromatic carbocycles. The van der Waals surface area contributed by atoms with Crippen molar-refractivity contribution in [3.63, 3.8) is 0 Å². The van der Waals surface area contributed by atoms with Crippen molar-refractivity contribution in [2.75, 3.05) is 26.2 Å². The van der Waals surface area contributed by atoms with Crippen LogP contribution in [0, 0.1) is 6.92 Å². The highest BCUT2D eigenvalue weighted by atomic mass is 35.5. The number of rotatable bonds is 3. The number of sulfonamides is 1. The van der Waals surface area contributed by atoms with Crippen molar-refractivity contribution in [2.45, 2.75) is 11.8 Å². The smallest absolute Gasteiger partial charge is 0.273 e. The van der Waals surface area contributed by atoms with Gasteiger partial charge >= 0.3 is 0 Å². The lowest BCUT2D eigenvalue weighted by molar-refractivity contribution is 0.0687. The van der Waals surface area contributed by atoms with Gasteiger partial charge in [-0.2, -0.15) is 14.5 Å². The van der Waals surface area contributed by atoms with Crippen molar-refractivity contribution in [2.24, 2.45) is 14.1 Å². The molecule has 1 aliphatic heterocycles. The first-order chi connectivity index (χ1) is 11.7. The lowest BCUT2D eigenvalue weighted by Gasteiger charge is -2.33. The summed E-state index contributed by atoms with van der Waals surface area (Å²) in [7, 11) is -0.282. The number of carbonyl (C=O) groups is 1. The van der Waals surface area contributed by atoms with Gasteiger partial charge in [-0.25, -0.2) is 8.42 Å². The number of aromatic nitrogens is 4. The zero-order chi connectivity index (χ0) is 18.4. The molecule has 0 unspecified atom stereocenters. The first-order valence-corrected chi connectivity index (χ1v) is 9.51. The van der Waals surface area contributed by atoms with Crippen LogP contribution in [0.3, 0.4) is 0 Å². The summed E-state index contributed by atoms with van der Waals surface area (Å²) >= 11 is 6.01. The largest absolute Gasteiger partial charge is 0.335 e. The van der Waals surface area contributed by atoms with E-state index in [0.717, 1.165) is 0 Å². The van der Waals surface area contributed by atoms with Crippen molar-refractivity contribution in [3.05, 3.63) is 28.8 Å². The molecular weight excluding hydrogens is 368 g/mol. The molecule has 0 saturated carbocycles. The summed E-state index contributed by atoms with van der Waals surface area (Å²) in [5, 5.41) is 8.24. The van der Waals surface area contributed by atoms with Crippen LogP contribution < -0.4 is 0 Å². The molecule has 0 bridgehead atoms. The number of hydrogen-bond donors (Lipinski definition) is 0. The molecule has 1 saturated heterocycles. The average Bonchev–Trinajstić information content (AvgIpc) is 3.10. The Labute approximate surface area is 150 Å². The van der Waals surface area contributed by atoms with E-state index in [1.807, 2.05) is 0 Å². The fourth-order valence-electron chi connectivity index (χ4n) is 2.80. The molecule has 2 aromatic heterocycles. The van der Waals surface area contributed by atoms with E-state index in [-0.39, 0.29) is 28.9 Å².